The topological polar surface area (TPSA) is 44.5 Å². The van der Waals surface area contributed by atoms with E-state index in [2.05, 4.69) is 24.3 Å². The first-order valence-electron chi connectivity index (χ1n) is 7.33. The predicted molar refractivity (Wildman–Crippen MR) is 84.0 cm³/mol. The van der Waals surface area contributed by atoms with Gasteiger partial charge in [-0.05, 0) is 36.6 Å². The van der Waals surface area contributed by atoms with E-state index in [0.29, 0.717) is 6.54 Å². The quantitative estimate of drug-likeness (QED) is 0.938. The zero-order valence-electron chi connectivity index (χ0n) is 12.3. The van der Waals surface area contributed by atoms with Crippen molar-refractivity contribution in [3.8, 4) is 11.5 Å². The van der Waals surface area contributed by atoms with Crippen LogP contribution in [0.15, 0.2) is 48.5 Å². The number of methoxy groups -OCH3 is 1. The van der Waals surface area contributed by atoms with Gasteiger partial charge in [0.05, 0.1) is 13.7 Å². The lowest BCUT2D eigenvalue weighted by Gasteiger charge is -2.38. The molecule has 21 heavy (non-hydrogen) atoms. The average Bonchev–Trinajstić information content (AvgIpc) is 2.55. The molecule has 0 radical (unpaired) electrons. The van der Waals surface area contributed by atoms with Crippen LogP contribution in [0, 0.1) is 0 Å². The molecule has 1 heterocycles. The van der Waals surface area contributed by atoms with Crippen molar-refractivity contribution in [1.82, 2.24) is 0 Å². The monoisotopic (exact) mass is 283 g/mol. The van der Waals surface area contributed by atoms with E-state index in [1.807, 2.05) is 24.3 Å². The van der Waals surface area contributed by atoms with Crippen LogP contribution in [0.25, 0.3) is 0 Å². The van der Waals surface area contributed by atoms with Gasteiger partial charge < -0.3 is 15.2 Å². The summed E-state index contributed by atoms with van der Waals surface area (Å²) in [4.78, 5) is 0. The van der Waals surface area contributed by atoms with E-state index in [4.69, 9.17) is 15.2 Å². The molecule has 0 saturated heterocycles. The largest absolute Gasteiger partial charge is 0.497 e. The lowest BCUT2D eigenvalue weighted by atomic mass is 9.72. The first kappa shape index (κ1) is 14.0. The highest BCUT2D eigenvalue weighted by Crippen LogP contribution is 2.40. The van der Waals surface area contributed by atoms with E-state index in [9.17, 15) is 0 Å². The third kappa shape index (κ3) is 2.61. The molecule has 0 amide bonds. The summed E-state index contributed by atoms with van der Waals surface area (Å²) in [5, 5.41) is 0. The molecule has 110 valence electrons. The van der Waals surface area contributed by atoms with Crippen molar-refractivity contribution in [1.29, 1.82) is 0 Å². The molecule has 1 unspecified atom stereocenters. The third-order valence-corrected chi connectivity index (χ3v) is 4.36. The second-order valence-corrected chi connectivity index (χ2v) is 5.61. The summed E-state index contributed by atoms with van der Waals surface area (Å²) >= 11 is 0. The molecule has 0 fully saturated rings. The van der Waals surface area contributed by atoms with Gasteiger partial charge in [-0.25, -0.2) is 0 Å². The van der Waals surface area contributed by atoms with E-state index >= 15 is 0 Å². The number of nitrogens with two attached hydrogens (primary N) is 1. The molecule has 0 bridgehead atoms. The van der Waals surface area contributed by atoms with Gasteiger partial charge in [-0.3, -0.25) is 0 Å². The molecule has 0 aromatic heterocycles. The van der Waals surface area contributed by atoms with Crippen LogP contribution in [-0.2, 0) is 11.8 Å². The van der Waals surface area contributed by atoms with E-state index < -0.39 is 0 Å². The fraction of sp³-hybridized carbons (Fsp3) is 0.333. The molecule has 0 aliphatic carbocycles. The zero-order valence-corrected chi connectivity index (χ0v) is 12.3. The number of ether oxygens (including phenoxy) is 2. The Morgan fingerprint density at radius 1 is 1.19 bits per heavy atom. The Morgan fingerprint density at radius 2 is 2.05 bits per heavy atom. The lowest BCUT2D eigenvalue weighted by Crippen LogP contribution is -2.41. The summed E-state index contributed by atoms with van der Waals surface area (Å²) in [5.74, 6) is 1.86. The normalized spacial score (nSPS) is 20.5. The maximum absolute atomic E-state index is 6.18. The van der Waals surface area contributed by atoms with Crippen LogP contribution in [0.1, 0.15) is 17.5 Å². The van der Waals surface area contributed by atoms with E-state index in [1.165, 1.54) is 11.1 Å². The second kappa shape index (κ2) is 5.78. The van der Waals surface area contributed by atoms with Crippen molar-refractivity contribution >= 4 is 0 Å². The van der Waals surface area contributed by atoms with Gasteiger partial charge in [-0.2, -0.15) is 0 Å². The minimum absolute atomic E-state index is 0.0544. The van der Waals surface area contributed by atoms with Gasteiger partial charge in [0.15, 0.2) is 0 Å². The van der Waals surface area contributed by atoms with Gasteiger partial charge in [0.1, 0.15) is 11.5 Å². The van der Waals surface area contributed by atoms with Crippen molar-refractivity contribution in [2.75, 3.05) is 20.3 Å². The van der Waals surface area contributed by atoms with Crippen LogP contribution in [0.5, 0.6) is 11.5 Å². The predicted octanol–water partition coefficient (Wildman–Crippen LogP) is 2.92. The van der Waals surface area contributed by atoms with Crippen molar-refractivity contribution in [3.05, 3.63) is 59.7 Å². The number of hydrogen-bond acceptors (Lipinski definition) is 3. The minimum atomic E-state index is -0.0544. The van der Waals surface area contributed by atoms with Crippen LogP contribution in [0.2, 0.25) is 0 Å². The molecule has 3 nitrogen and oxygen atoms in total. The summed E-state index contributed by atoms with van der Waals surface area (Å²) < 4.78 is 11.1. The Hall–Kier alpha value is -2.00. The van der Waals surface area contributed by atoms with Crippen LogP contribution in [0.4, 0.5) is 0 Å². The van der Waals surface area contributed by atoms with Gasteiger partial charge in [0.25, 0.3) is 0 Å². The van der Waals surface area contributed by atoms with E-state index in [-0.39, 0.29) is 5.41 Å². The second-order valence-electron chi connectivity index (χ2n) is 5.61. The SMILES string of the molecule is COc1cccc(CC2(CN)CCOc3ccccc32)c1. The van der Waals surface area contributed by atoms with Crippen LogP contribution < -0.4 is 15.2 Å². The number of para-hydroxylation sites is 1. The molecule has 1 aliphatic heterocycles. The molecule has 2 aromatic rings. The molecule has 3 rings (SSSR count). The summed E-state index contributed by atoms with van der Waals surface area (Å²) in [7, 11) is 1.70. The molecule has 0 spiro atoms. The smallest absolute Gasteiger partial charge is 0.123 e. The van der Waals surface area contributed by atoms with Crippen LogP contribution >= 0.6 is 0 Å². The van der Waals surface area contributed by atoms with Gasteiger partial charge in [-0.15, -0.1) is 0 Å². The highest BCUT2D eigenvalue weighted by Gasteiger charge is 2.36. The molecular formula is C18H21NO2. The summed E-state index contributed by atoms with van der Waals surface area (Å²) in [6, 6.07) is 16.5. The molecule has 1 atom stereocenters. The zero-order chi connectivity index (χ0) is 14.7. The number of hydrogen-bond donors (Lipinski definition) is 1. The van der Waals surface area contributed by atoms with Crippen LogP contribution in [0.3, 0.4) is 0 Å². The van der Waals surface area contributed by atoms with Crippen molar-refractivity contribution < 1.29 is 9.47 Å². The standard InChI is InChI=1S/C18H21NO2/c1-20-15-6-4-5-14(11-15)12-18(13-19)9-10-21-17-8-3-2-7-16(17)18/h2-8,11H,9-10,12-13,19H2,1H3. The first-order chi connectivity index (χ1) is 10.3. The Kier molecular flexibility index (Phi) is 3.84. The van der Waals surface area contributed by atoms with Crippen LogP contribution in [-0.4, -0.2) is 20.3 Å². The Morgan fingerprint density at radius 3 is 2.86 bits per heavy atom. The average molecular weight is 283 g/mol. The Balaban J connectivity index is 1.98. The maximum Gasteiger partial charge on any atom is 0.123 e. The third-order valence-electron chi connectivity index (χ3n) is 4.36. The molecule has 2 aromatic carbocycles. The van der Waals surface area contributed by atoms with Gasteiger partial charge in [0, 0.05) is 17.5 Å². The van der Waals surface area contributed by atoms with Gasteiger partial charge in [-0.1, -0.05) is 30.3 Å². The molecule has 1 aliphatic rings. The summed E-state index contributed by atoms with van der Waals surface area (Å²) in [6.07, 6.45) is 1.85. The fourth-order valence-electron chi connectivity index (χ4n) is 3.16. The fourth-order valence-corrected chi connectivity index (χ4v) is 3.16. The van der Waals surface area contributed by atoms with Gasteiger partial charge >= 0.3 is 0 Å². The van der Waals surface area contributed by atoms with Gasteiger partial charge in [0.2, 0.25) is 0 Å². The summed E-state index contributed by atoms with van der Waals surface area (Å²) in [5.41, 5.74) is 8.60. The Labute approximate surface area is 125 Å². The van der Waals surface area contributed by atoms with Crippen molar-refractivity contribution in [2.24, 2.45) is 5.73 Å². The van der Waals surface area contributed by atoms with E-state index in [0.717, 1.165) is 30.9 Å². The molecule has 2 N–H and O–H groups in total. The lowest BCUT2D eigenvalue weighted by molar-refractivity contribution is 0.215. The summed E-state index contributed by atoms with van der Waals surface area (Å²) in [6.45, 7) is 1.34. The molecular weight excluding hydrogens is 262 g/mol. The first-order valence-corrected chi connectivity index (χ1v) is 7.33. The number of fused-ring (bicyclic) bond motifs is 1. The highest BCUT2D eigenvalue weighted by atomic mass is 16.5. The number of benzene rings is 2. The van der Waals surface area contributed by atoms with Crippen molar-refractivity contribution in [2.45, 2.75) is 18.3 Å². The highest BCUT2D eigenvalue weighted by molar-refractivity contribution is 5.43. The minimum Gasteiger partial charge on any atom is -0.497 e. The molecule has 3 heteroatoms. The maximum atomic E-state index is 6.18. The van der Waals surface area contributed by atoms with E-state index in [1.54, 1.807) is 7.11 Å². The Bertz CT molecular complexity index is 626. The van der Waals surface area contributed by atoms with Crippen molar-refractivity contribution in [3.63, 3.8) is 0 Å². The number of rotatable bonds is 4. The molecule has 0 saturated carbocycles.